The maximum Gasteiger partial charge on any atom is 0.248 e. The predicted octanol–water partition coefficient (Wildman–Crippen LogP) is 1.09. The van der Waals surface area contributed by atoms with E-state index < -0.39 is 0 Å². The molecule has 0 radical (unpaired) electrons. The lowest BCUT2D eigenvalue weighted by molar-refractivity contribution is -0.179. The van der Waals surface area contributed by atoms with Gasteiger partial charge >= 0.3 is 0 Å². The van der Waals surface area contributed by atoms with E-state index in [1.54, 1.807) is 0 Å². The first-order chi connectivity index (χ1) is 7.31. The minimum absolute atomic E-state index is 0.0837. The number of amides is 1. The summed E-state index contributed by atoms with van der Waals surface area (Å²) in [5.74, 6) is 0.661. The molecule has 1 unspecified atom stereocenters. The highest BCUT2D eigenvalue weighted by molar-refractivity contribution is 5.77. The summed E-state index contributed by atoms with van der Waals surface area (Å²) in [6, 6.07) is 0. The van der Waals surface area contributed by atoms with Crippen molar-refractivity contribution in [3.63, 3.8) is 0 Å². The van der Waals surface area contributed by atoms with Gasteiger partial charge in [0, 0.05) is 6.61 Å². The highest BCUT2D eigenvalue weighted by atomic mass is 16.7. The molecule has 1 aliphatic carbocycles. The zero-order valence-electron chi connectivity index (χ0n) is 9.02. The number of hydrogen-bond donors (Lipinski definition) is 1. The average molecular weight is 213 g/mol. The number of carbonyl (C=O) groups is 1. The van der Waals surface area contributed by atoms with Crippen molar-refractivity contribution in [3.05, 3.63) is 0 Å². The molecular formula is C11H19NO3. The number of rotatable bonds is 4. The molecule has 15 heavy (non-hydrogen) atoms. The van der Waals surface area contributed by atoms with E-state index in [1.165, 1.54) is 30.7 Å². The second kappa shape index (κ2) is 4.94. The summed E-state index contributed by atoms with van der Waals surface area (Å²) in [5, 5.41) is 10.1. The largest absolute Gasteiger partial charge is 0.396 e. The van der Waals surface area contributed by atoms with Gasteiger partial charge in [-0.15, -0.1) is 0 Å². The molecule has 1 aliphatic heterocycles. The third kappa shape index (κ3) is 2.49. The van der Waals surface area contributed by atoms with E-state index in [0.29, 0.717) is 25.3 Å². The van der Waals surface area contributed by atoms with E-state index in [-0.39, 0.29) is 18.6 Å². The van der Waals surface area contributed by atoms with Gasteiger partial charge < -0.3 is 5.11 Å². The van der Waals surface area contributed by atoms with Crippen molar-refractivity contribution >= 4 is 5.91 Å². The molecule has 0 aromatic heterocycles. The van der Waals surface area contributed by atoms with Gasteiger partial charge in [-0.1, -0.05) is 12.8 Å². The van der Waals surface area contributed by atoms with Crippen LogP contribution in [0.3, 0.4) is 0 Å². The Morgan fingerprint density at radius 3 is 2.80 bits per heavy atom. The second-order valence-corrected chi connectivity index (χ2v) is 4.47. The van der Waals surface area contributed by atoms with Gasteiger partial charge in [0.15, 0.2) is 0 Å². The topological polar surface area (TPSA) is 49.8 Å². The maximum atomic E-state index is 11.6. The third-order valence-electron chi connectivity index (χ3n) is 3.36. The molecule has 1 N–H and O–H groups in total. The molecule has 1 saturated heterocycles. The molecule has 1 saturated carbocycles. The number of aliphatic hydroxyl groups excluding tert-OH is 1. The van der Waals surface area contributed by atoms with Crippen molar-refractivity contribution in [3.8, 4) is 0 Å². The predicted molar refractivity (Wildman–Crippen MR) is 54.9 cm³/mol. The summed E-state index contributed by atoms with van der Waals surface area (Å²) in [6.45, 7) is 0.639. The summed E-state index contributed by atoms with van der Waals surface area (Å²) in [7, 11) is 0. The normalized spacial score (nSPS) is 27.9. The third-order valence-corrected chi connectivity index (χ3v) is 3.36. The first-order valence-corrected chi connectivity index (χ1v) is 5.89. The Balaban J connectivity index is 1.82. The van der Waals surface area contributed by atoms with Gasteiger partial charge in [0.05, 0.1) is 19.1 Å². The maximum absolute atomic E-state index is 11.6. The molecule has 4 heteroatoms. The Morgan fingerprint density at radius 1 is 1.40 bits per heavy atom. The zero-order chi connectivity index (χ0) is 10.7. The minimum atomic E-state index is 0.0837. The smallest absolute Gasteiger partial charge is 0.248 e. The van der Waals surface area contributed by atoms with Gasteiger partial charge in [-0.05, 0) is 25.2 Å². The molecule has 0 bridgehead atoms. The Hall–Kier alpha value is -0.610. The van der Waals surface area contributed by atoms with Gasteiger partial charge in [-0.3, -0.25) is 9.63 Å². The van der Waals surface area contributed by atoms with Crippen LogP contribution in [0.4, 0.5) is 0 Å². The summed E-state index contributed by atoms with van der Waals surface area (Å²) in [5.41, 5.74) is 0. The molecule has 86 valence electrons. The van der Waals surface area contributed by atoms with Crippen LogP contribution in [-0.2, 0) is 9.63 Å². The van der Waals surface area contributed by atoms with Crippen LogP contribution >= 0.6 is 0 Å². The SMILES string of the molecule is O=C1CC(C2CCCC2)ON1CCCO. The molecule has 2 aliphatic rings. The van der Waals surface area contributed by atoms with Crippen LogP contribution < -0.4 is 0 Å². The Morgan fingerprint density at radius 2 is 2.13 bits per heavy atom. The fraction of sp³-hybridized carbons (Fsp3) is 0.909. The molecule has 0 aromatic carbocycles. The number of carbonyl (C=O) groups excluding carboxylic acids is 1. The van der Waals surface area contributed by atoms with E-state index in [2.05, 4.69) is 0 Å². The standard InChI is InChI=1S/C11H19NO3/c13-7-3-6-12-11(14)8-10(15-12)9-4-1-2-5-9/h9-10,13H,1-8H2. The lowest BCUT2D eigenvalue weighted by atomic mass is 9.99. The van der Waals surface area contributed by atoms with Crippen LogP contribution in [0.25, 0.3) is 0 Å². The van der Waals surface area contributed by atoms with Crippen LogP contribution in [0, 0.1) is 5.92 Å². The second-order valence-electron chi connectivity index (χ2n) is 4.47. The van der Waals surface area contributed by atoms with Crippen LogP contribution in [-0.4, -0.2) is 35.3 Å². The Kier molecular flexibility index (Phi) is 3.59. The fourth-order valence-electron chi connectivity index (χ4n) is 2.51. The van der Waals surface area contributed by atoms with Crippen molar-refractivity contribution in [2.24, 2.45) is 5.92 Å². The molecule has 1 heterocycles. The molecule has 0 aromatic rings. The van der Waals surface area contributed by atoms with Crippen LogP contribution in [0.15, 0.2) is 0 Å². The van der Waals surface area contributed by atoms with Crippen molar-refractivity contribution in [2.75, 3.05) is 13.2 Å². The number of hydrogen-bond acceptors (Lipinski definition) is 3. The summed E-state index contributed by atoms with van der Waals surface area (Å²) < 4.78 is 0. The first kappa shape index (κ1) is 10.9. The van der Waals surface area contributed by atoms with E-state index in [9.17, 15) is 4.79 Å². The van der Waals surface area contributed by atoms with Crippen molar-refractivity contribution in [1.82, 2.24) is 5.06 Å². The van der Waals surface area contributed by atoms with E-state index in [4.69, 9.17) is 9.94 Å². The van der Waals surface area contributed by atoms with Gasteiger partial charge in [0.2, 0.25) is 5.91 Å². The fourth-order valence-corrected chi connectivity index (χ4v) is 2.51. The van der Waals surface area contributed by atoms with E-state index in [0.717, 1.165) is 0 Å². The van der Waals surface area contributed by atoms with Crippen molar-refractivity contribution in [2.45, 2.75) is 44.6 Å². The highest BCUT2D eigenvalue weighted by Crippen LogP contribution is 2.34. The lowest BCUT2D eigenvalue weighted by Crippen LogP contribution is -2.26. The Bertz CT molecular complexity index is 226. The Labute approximate surface area is 90.2 Å². The van der Waals surface area contributed by atoms with Crippen molar-refractivity contribution < 1.29 is 14.7 Å². The van der Waals surface area contributed by atoms with Crippen LogP contribution in [0.5, 0.6) is 0 Å². The molecular weight excluding hydrogens is 194 g/mol. The van der Waals surface area contributed by atoms with Crippen LogP contribution in [0.1, 0.15) is 38.5 Å². The van der Waals surface area contributed by atoms with Gasteiger partial charge in [-0.25, -0.2) is 5.06 Å². The van der Waals surface area contributed by atoms with Gasteiger partial charge in [0.1, 0.15) is 0 Å². The summed E-state index contributed by atoms with van der Waals surface area (Å²) >= 11 is 0. The molecule has 0 spiro atoms. The average Bonchev–Trinajstić information content (AvgIpc) is 2.83. The van der Waals surface area contributed by atoms with Crippen LogP contribution in [0.2, 0.25) is 0 Å². The number of nitrogens with zero attached hydrogens (tertiary/aromatic N) is 1. The van der Waals surface area contributed by atoms with E-state index >= 15 is 0 Å². The summed E-state index contributed by atoms with van der Waals surface area (Å²) in [6.07, 6.45) is 6.19. The molecule has 4 nitrogen and oxygen atoms in total. The van der Waals surface area contributed by atoms with E-state index in [1.807, 2.05) is 0 Å². The van der Waals surface area contributed by atoms with Crippen molar-refractivity contribution in [1.29, 1.82) is 0 Å². The lowest BCUT2D eigenvalue weighted by Gasteiger charge is -2.19. The van der Waals surface area contributed by atoms with Gasteiger partial charge in [0.25, 0.3) is 0 Å². The first-order valence-electron chi connectivity index (χ1n) is 5.89. The summed E-state index contributed by atoms with van der Waals surface area (Å²) in [4.78, 5) is 17.2. The quantitative estimate of drug-likeness (QED) is 0.760. The zero-order valence-corrected chi connectivity index (χ0v) is 9.02. The number of aliphatic hydroxyl groups is 1. The minimum Gasteiger partial charge on any atom is -0.396 e. The monoisotopic (exact) mass is 213 g/mol. The number of hydroxylamine groups is 2. The highest BCUT2D eigenvalue weighted by Gasteiger charge is 2.37. The molecule has 2 rings (SSSR count). The molecule has 1 amide bonds. The van der Waals surface area contributed by atoms with Gasteiger partial charge in [-0.2, -0.15) is 0 Å². The molecule has 1 atom stereocenters. The molecule has 2 fully saturated rings.